The van der Waals surface area contributed by atoms with Crippen molar-refractivity contribution < 1.29 is 14.3 Å². The maximum absolute atomic E-state index is 13.1. The summed E-state index contributed by atoms with van der Waals surface area (Å²) in [5.41, 5.74) is 1.36. The molecule has 0 saturated heterocycles. The quantitative estimate of drug-likeness (QED) is 0.368. The minimum atomic E-state index is -0.715. The van der Waals surface area contributed by atoms with Crippen LogP contribution < -0.4 is 15.4 Å². The van der Waals surface area contributed by atoms with Gasteiger partial charge in [-0.25, -0.2) is 0 Å². The monoisotopic (exact) mass is 474 g/mol. The van der Waals surface area contributed by atoms with Gasteiger partial charge in [-0.2, -0.15) is 0 Å². The number of anilines is 1. The molecule has 0 saturated carbocycles. The first-order chi connectivity index (χ1) is 16.5. The summed E-state index contributed by atoms with van der Waals surface area (Å²) in [5.74, 6) is 0.0269. The molecule has 0 aliphatic carbocycles. The molecule has 7 nitrogen and oxygen atoms in total. The fourth-order valence-corrected chi connectivity index (χ4v) is 4.33. The number of carbonyl (C=O) groups is 2. The summed E-state index contributed by atoms with van der Waals surface area (Å²) in [7, 11) is 1.60. The third kappa shape index (κ3) is 5.23. The first-order valence-corrected chi connectivity index (χ1v) is 11.9. The molecule has 1 heterocycles. The van der Waals surface area contributed by atoms with E-state index in [1.54, 1.807) is 13.2 Å². The summed E-state index contributed by atoms with van der Waals surface area (Å²) in [6, 6.07) is 20.1. The molecule has 0 aliphatic rings. The van der Waals surface area contributed by atoms with Gasteiger partial charge in [0.1, 0.15) is 16.8 Å². The number of hydrogen-bond donors (Lipinski definition) is 2. The number of methoxy groups -OCH3 is 1. The van der Waals surface area contributed by atoms with E-state index in [4.69, 9.17) is 4.74 Å². The molecule has 4 rings (SSSR count). The van der Waals surface area contributed by atoms with Crippen LogP contribution in [-0.2, 0) is 4.79 Å². The van der Waals surface area contributed by atoms with Gasteiger partial charge in [0.15, 0.2) is 0 Å². The third-order valence-electron chi connectivity index (χ3n) is 5.77. The molecule has 8 heteroatoms. The topological polar surface area (TPSA) is 93.2 Å². The molecule has 0 bridgehead atoms. The Morgan fingerprint density at radius 2 is 1.79 bits per heavy atom. The predicted molar refractivity (Wildman–Crippen MR) is 135 cm³/mol. The SMILES string of the molecule is CCC(C)C(NC(=O)c1ccc2ccccc2c1)C(=O)Nc1nnc(-c2cccc(OC)c2)s1. The number of fused-ring (bicyclic) bond motifs is 1. The molecule has 3 aromatic carbocycles. The molecule has 0 spiro atoms. The molecular weight excluding hydrogens is 448 g/mol. The summed E-state index contributed by atoms with van der Waals surface area (Å²) < 4.78 is 5.26. The Labute approximate surface area is 202 Å². The lowest BCUT2D eigenvalue weighted by Crippen LogP contribution is -2.47. The van der Waals surface area contributed by atoms with Crippen LogP contribution >= 0.6 is 11.3 Å². The van der Waals surface area contributed by atoms with Crippen molar-refractivity contribution in [3.05, 3.63) is 72.3 Å². The highest BCUT2D eigenvalue weighted by molar-refractivity contribution is 7.18. The molecular formula is C26H26N4O3S. The number of benzene rings is 3. The Morgan fingerprint density at radius 3 is 2.56 bits per heavy atom. The Kier molecular flexibility index (Phi) is 7.18. The highest BCUT2D eigenvalue weighted by Crippen LogP contribution is 2.29. The van der Waals surface area contributed by atoms with Crippen molar-refractivity contribution in [1.82, 2.24) is 15.5 Å². The van der Waals surface area contributed by atoms with E-state index in [0.717, 1.165) is 22.8 Å². The van der Waals surface area contributed by atoms with Crippen LogP contribution in [0.5, 0.6) is 5.75 Å². The molecule has 0 aliphatic heterocycles. The predicted octanol–water partition coefficient (Wildman–Crippen LogP) is 5.15. The van der Waals surface area contributed by atoms with E-state index >= 15 is 0 Å². The average molecular weight is 475 g/mol. The lowest BCUT2D eigenvalue weighted by atomic mass is 9.97. The maximum Gasteiger partial charge on any atom is 0.251 e. The van der Waals surface area contributed by atoms with Gasteiger partial charge < -0.3 is 10.1 Å². The minimum absolute atomic E-state index is 0.0739. The van der Waals surface area contributed by atoms with Gasteiger partial charge in [-0.05, 0) is 41.0 Å². The zero-order chi connectivity index (χ0) is 24.1. The van der Waals surface area contributed by atoms with E-state index in [2.05, 4.69) is 20.8 Å². The molecule has 2 amide bonds. The zero-order valence-corrected chi connectivity index (χ0v) is 20.1. The standard InChI is InChI=1S/C26H26N4O3S/c1-4-16(2)22(27-23(31)19-13-12-17-8-5-6-9-18(17)14-19)24(32)28-26-30-29-25(34-26)20-10-7-11-21(15-20)33-3/h5-16,22H,4H2,1-3H3,(H,27,31)(H,28,30,32). The van der Waals surface area contributed by atoms with Crippen molar-refractivity contribution in [3.8, 4) is 16.3 Å². The van der Waals surface area contributed by atoms with Gasteiger partial charge in [-0.3, -0.25) is 14.9 Å². The highest BCUT2D eigenvalue weighted by atomic mass is 32.1. The van der Waals surface area contributed by atoms with Crippen molar-refractivity contribution >= 4 is 39.1 Å². The van der Waals surface area contributed by atoms with E-state index < -0.39 is 6.04 Å². The Morgan fingerprint density at radius 1 is 1.00 bits per heavy atom. The van der Waals surface area contributed by atoms with Crippen LogP contribution in [0.3, 0.4) is 0 Å². The summed E-state index contributed by atoms with van der Waals surface area (Å²) in [6.07, 6.45) is 0.723. The van der Waals surface area contributed by atoms with Crippen LogP contribution in [0.1, 0.15) is 30.6 Å². The Balaban J connectivity index is 1.49. The van der Waals surface area contributed by atoms with Gasteiger partial charge >= 0.3 is 0 Å². The summed E-state index contributed by atoms with van der Waals surface area (Å²) in [5, 5.41) is 17.1. The van der Waals surface area contributed by atoms with Gasteiger partial charge in [0.05, 0.1) is 7.11 Å². The van der Waals surface area contributed by atoms with Crippen LogP contribution in [0.4, 0.5) is 5.13 Å². The minimum Gasteiger partial charge on any atom is -0.497 e. The first-order valence-electron chi connectivity index (χ1n) is 11.1. The third-order valence-corrected chi connectivity index (χ3v) is 6.65. The normalized spacial score (nSPS) is 12.7. The number of aromatic nitrogens is 2. The van der Waals surface area contributed by atoms with Crippen LogP contribution in [0.25, 0.3) is 21.3 Å². The lowest BCUT2D eigenvalue weighted by molar-refractivity contribution is -0.119. The van der Waals surface area contributed by atoms with Crippen LogP contribution in [0, 0.1) is 5.92 Å². The van der Waals surface area contributed by atoms with Crippen LogP contribution in [0.2, 0.25) is 0 Å². The first kappa shape index (κ1) is 23.4. The molecule has 4 aromatic rings. The van der Waals surface area contributed by atoms with Gasteiger partial charge in [-0.1, -0.05) is 74.1 Å². The molecule has 2 N–H and O–H groups in total. The second kappa shape index (κ2) is 10.4. The van der Waals surface area contributed by atoms with Crippen molar-refractivity contribution in [3.63, 3.8) is 0 Å². The summed E-state index contributed by atoms with van der Waals surface area (Å²) in [6.45, 7) is 3.92. The van der Waals surface area contributed by atoms with E-state index in [1.165, 1.54) is 11.3 Å². The number of rotatable bonds is 8. The fraction of sp³-hybridized carbons (Fsp3) is 0.231. The number of hydrogen-bond acceptors (Lipinski definition) is 6. The fourth-order valence-electron chi connectivity index (χ4n) is 3.59. The second-order valence-electron chi connectivity index (χ2n) is 8.03. The van der Waals surface area contributed by atoms with Gasteiger partial charge in [-0.15, -0.1) is 10.2 Å². The van der Waals surface area contributed by atoms with Gasteiger partial charge in [0.2, 0.25) is 11.0 Å². The average Bonchev–Trinajstić information content (AvgIpc) is 3.34. The zero-order valence-electron chi connectivity index (χ0n) is 19.2. The van der Waals surface area contributed by atoms with E-state index in [9.17, 15) is 9.59 Å². The molecule has 0 fully saturated rings. The smallest absolute Gasteiger partial charge is 0.251 e. The van der Waals surface area contributed by atoms with Crippen molar-refractivity contribution in [2.24, 2.45) is 5.92 Å². The number of carbonyl (C=O) groups excluding carboxylic acids is 2. The maximum atomic E-state index is 13.1. The van der Waals surface area contributed by atoms with E-state index in [-0.39, 0.29) is 17.7 Å². The highest BCUT2D eigenvalue weighted by Gasteiger charge is 2.27. The van der Waals surface area contributed by atoms with E-state index in [0.29, 0.717) is 21.5 Å². The van der Waals surface area contributed by atoms with Crippen molar-refractivity contribution in [2.45, 2.75) is 26.3 Å². The van der Waals surface area contributed by atoms with E-state index in [1.807, 2.05) is 74.5 Å². The Hall–Kier alpha value is -3.78. The summed E-state index contributed by atoms with van der Waals surface area (Å²) in [4.78, 5) is 26.1. The molecule has 174 valence electrons. The number of ether oxygens (including phenoxy) is 1. The van der Waals surface area contributed by atoms with Crippen molar-refractivity contribution in [1.29, 1.82) is 0 Å². The number of nitrogens with zero attached hydrogens (tertiary/aromatic N) is 2. The Bertz CT molecular complexity index is 1320. The van der Waals surface area contributed by atoms with Crippen LogP contribution in [0.15, 0.2) is 66.7 Å². The van der Waals surface area contributed by atoms with Crippen LogP contribution in [-0.4, -0.2) is 35.2 Å². The molecule has 1 aromatic heterocycles. The largest absolute Gasteiger partial charge is 0.497 e. The molecule has 2 unspecified atom stereocenters. The number of nitrogens with one attached hydrogen (secondary N) is 2. The van der Waals surface area contributed by atoms with Gasteiger partial charge in [0.25, 0.3) is 5.91 Å². The molecule has 0 radical (unpaired) electrons. The second-order valence-corrected chi connectivity index (χ2v) is 9.01. The molecule has 2 atom stereocenters. The van der Waals surface area contributed by atoms with Gasteiger partial charge in [0, 0.05) is 11.1 Å². The van der Waals surface area contributed by atoms with Crippen molar-refractivity contribution in [2.75, 3.05) is 12.4 Å². The lowest BCUT2D eigenvalue weighted by Gasteiger charge is -2.23. The summed E-state index contributed by atoms with van der Waals surface area (Å²) >= 11 is 1.26. The number of amides is 2. The molecule has 34 heavy (non-hydrogen) atoms.